The smallest absolute Gasteiger partial charge is 0.411 e. The monoisotopic (exact) mass is 431 g/mol. The average Bonchev–Trinajstić information content (AvgIpc) is 2.73. The van der Waals surface area contributed by atoms with Gasteiger partial charge in [0.1, 0.15) is 0 Å². The number of benzene rings is 1. The van der Waals surface area contributed by atoms with Crippen LogP contribution in [0.25, 0.3) is 11.3 Å². The molecule has 1 saturated heterocycles. The third kappa shape index (κ3) is 6.27. The highest BCUT2D eigenvalue weighted by Gasteiger charge is 2.28. The number of hydrogen-bond acceptors (Lipinski definition) is 5. The molecule has 0 aliphatic carbocycles. The molecule has 1 fully saturated rings. The fourth-order valence-electron chi connectivity index (χ4n) is 3.41. The van der Waals surface area contributed by atoms with Gasteiger partial charge in [-0.2, -0.15) is 4.72 Å². The lowest BCUT2D eigenvalue weighted by Gasteiger charge is -2.28. The Morgan fingerprint density at radius 2 is 1.77 bits per heavy atom. The van der Waals surface area contributed by atoms with E-state index in [9.17, 15) is 13.2 Å². The number of nitrogens with one attached hydrogen (secondary N) is 1. The minimum Gasteiger partial charge on any atom is -0.423 e. The Morgan fingerprint density at radius 1 is 1.07 bits per heavy atom. The van der Waals surface area contributed by atoms with Crippen LogP contribution in [0.2, 0.25) is 0 Å². The number of hydrogen-bond donors (Lipinski definition) is 1. The number of likely N-dealkylation sites (tertiary alicyclic amines) is 1. The fraction of sp³-hybridized carbons (Fsp3) is 0.455. The number of aromatic nitrogens is 1. The molecule has 0 bridgehead atoms. The van der Waals surface area contributed by atoms with E-state index in [1.54, 1.807) is 17.0 Å². The molecule has 162 valence electrons. The predicted octanol–water partition coefficient (Wildman–Crippen LogP) is 3.95. The molecule has 0 spiro atoms. The molecule has 0 saturated carbocycles. The first-order valence-corrected chi connectivity index (χ1v) is 12.0. The van der Waals surface area contributed by atoms with Crippen molar-refractivity contribution < 1.29 is 17.9 Å². The predicted molar refractivity (Wildman–Crippen MR) is 116 cm³/mol. The van der Waals surface area contributed by atoms with Gasteiger partial charge >= 0.3 is 6.09 Å². The summed E-state index contributed by atoms with van der Waals surface area (Å²) >= 11 is 0. The maximum atomic E-state index is 12.7. The number of pyridine rings is 1. The first kappa shape index (κ1) is 22.2. The molecule has 1 aliphatic rings. The highest BCUT2D eigenvalue weighted by Crippen LogP contribution is 2.22. The van der Waals surface area contributed by atoms with Crippen LogP contribution in [0.15, 0.2) is 48.5 Å². The van der Waals surface area contributed by atoms with Gasteiger partial charge < -0.3 is 9.64 Å². The van der Waals surface area contributed by atoms with Gasteiger partial charge in [0.15, 0.2) is 0 Å². The third-order valence-electron chi connectivity index (χ3n) is 4.78. The van der Waals surface area contributed by atoms with E-state index in [-0.39, 0.29) is 11.7 Å². The maximum absolute atomic E-state index is 12.7. The van der Waals surface area contributed by atoms with Crippen LogP contribution >= 0.6 is 0 Å². The lowest BCUT2D eigenvalue weighted by atomic mass is 10.1. The molecule has 0 radical (unpaired) electrons. The van der Waals surface area contributed by atoms with Crippen molar-refractivity contribution in [1.29, 1.82) is 0 Å². The Kier molecular flexibility index (Phi) is 7.44. The summed E-state index contributed by atoms with van der Waals surface area (Å²) in [5.74, 6) is -0.132. The van der Waals surface area contributed by atoms with Gasteiger partial charge in [0.05, 0.1) is 17.1 Å². The summed E-state index contributed by atoms with van der Waals surface area (Å²) in [5, 5.41) is 0. The summed E-state index contributed by atoms with van der Waals surface area (Å²) in [6.45, 7) is 4.87. The van der Waals surface area contributed by atoms with Crippen molar-refractivity contribution in [2.24, 2.45) is 5.92 Å². The highest BCUT2D eigenvalue weighted by molar-refractivity contribution is 7.89. The molecule has 1 aliphatic heterocycles. The van der Waals surface area contributed by atoms with Gasteiger partial charge in [-0.05, 0) is 37.3 Å². The Labute approximate surface area is 178 Å². The second-order valence-electron chi connectivity index (χ2n) is 7.92. The van der Waals surface area contributed by atoms with Crippen LogP contribution in [-0.2, 0) is 14.8 Å². The summed E-state index contributed by atoms with van der Waals surface area (Å²) in [6, 6.07) is 14.8. The molecule has 7 nitrogen and oxygen atoms in total. The minimum absolute atomic E-state index is 0.0652. The second kappa shape index (κ2) is 10.0. The van der Waals surface area contributed by atoms with E-state index in [4.69, 9.17) is 4.74 Å². The quantitative estimate of drug-likeness (QED) is 0.671. The van der Waals surface area contributed by atoms with E-state index in [0.717, 1.165) is 24.8 Å². The number of piperidine rings is 1. The number of ether oxygens (including phenoxy) is 1. The summed E-state index contributed by atoms with van der Waals surface area (Å²) in [6.07, 6.45) is 1.20. The second-order valence-corrected chi connectivity index (χ2v) is 9.72. The molecule has 1 amide bonds. The van der Waals surface area contributed by atoms with Gasteiger partial charge in [-0.3, -0.25) is 0 Å². The van der Waals surface area contributed by atoms with E-state index in [0.29, 0.717) is 24.5 Å². The molecule has 1 unspecified atom stereocenters. The molecule has 1 aromatic carbocycles. The van der Waals surface area contributed by atoms with Crippen LogP contribution in [0.5, 0.6) is 0 Å². The minimum atomic E-state index is -3.67. The van der Waals surface area contributed by atoms with E-state index < -0.39 is 22.3 Å². The van der Waals surface area contributed by atoms with Crippen LogP contribution in [0.1, 0.15) is 45.0 Å². The van der Waals surface area contributed by atoms with E-state index in [1.807, 2.05) is 50.2 Å². The number of carbonyl (C=O) groups excluding carboxylic acids is 1. The van der Waals surface area contributed by atoms with E-state index >= 15 is 0 Å². The molecular formula is C22H29N3O4S. The van der Waals surface area contributed by atoms with E-state index in [1.165, 1.54) is 0 Å². The third-order valence-corrected chi connectivity index (χ3v) is 6.46. The molecule has 2 aromatic rings. The SMILES string of the molecule is CC(C)CS(=O)(=O)NC(OC(=O)N1CCCCC1)c1cccc(-c2ccccc2)n1. The summed E-state index contributed by atoms with van der Waals surface area (Å²) in [4.78, 5) is 18.9. The summed E-state index contributed by atoms with van der Waals surface area (Å²) in [5.41, 5.74) is 1.91. The summed E-state index contributed by atoms with van der Waals surface area (Å²) < 4.78 is 33.3. The first-order chi connectivity index (χ1) is 14.3. The molecule has 3 rings (SSSR count). The lowest BCUT2D eigenvalue weighted by molar-refractivity contribution is 0.0509. The zero-order chi connectivity index (χ0) is 21.6. The highest BCUT2D eigenvalue weighted by atomic mass is 32.2. The van der Waals surface area contributed by atoms with Crippen LogP contribution < -0.4 is 4.72 Å². The van der Waals surface area contributed by atoms with Gasteiger partial charge in [-0.1, -0.05) is 50.2 Å². The van der Waals surface area contributed by atoms with Crippen molar-refractivity contribution in [2.45, 2.75) is 39.3 Å². The number of nitrogens with zero attached hydrogens (tertiary/aromatic N) is 2. The van der Waals surface area contributed by atoms with Crippen molar-refractivity contribution in [2.75, 3.05) is 18.8 Å². The van der Waals surface area contributed by atoms with Crippen LogP contribution in [0.4, 0.5) is 4.79 Å². The Hall–Kier alpha value is -2.45. The van der Waals surface area contributed by atoms with Crippen LogP contribution in [0.3, 0.4) is 0 Å². The van der Waals surface area contributed by atoms with Crippen molar-refractivity contribution in [3.63, 3.8) is 0 Å². The average molecular weight is 432 g/mol. The molecule has 2 heterocycles. The number of rotatable bonds is 7. The van der Waals surface area contributed by atoms with Crippen molar-refractivity contribution in [3.8, 4) is 11.3 Å². The Bertz CT molecular complexity index is 942. The van der Waals surface area contributed by atoms with Gasteiger partial charge in [0.2, 0.25) is 16.3 Å². The summed E-state index contributed by atoms with van der Waals surface area (Å²) in [7, 11) is -3.67. The van der Waals surface area contributed by atoms with Gasteiger partial charge in [-0.15, -0.1) is 0 Å². The normalized spacial score (nSPS) is 15.8. The molecular weight excluding hydrogens is 402 g/mol. The maximum Gasteiger partial charge on any atom is 0.411 e. The first-order valence-electron chi connectivity index (χ1n) is 10.3. The van der Waals surface area contributed by atoms with Crippen molar-refractivity contribution >= 4 is 16.1 Å². The van der Waals surface area contributed by atoms with Crippen molar-refractivity contribution in [3.05, 3.63) is 54.2 Å². The molecule has 30 heavy (non-hydrogen) atoms. The molecule has 1 atom stereocenters. The fourth-order valence-corrected chi connectivity index (χ4v) is 4.88. The molecule has 1 aromatic heterocycles. The van der Waals surface area contributed by atoms with Gasteiger partial charge in [0.25, 0.3) is 0 Å². The molecule has 8 heteroatoms. The van der Waals surface area contributed by atoms with Crippen LogP contribution in [0, 0.1) is 5.92 Å². The van der Waals surface area contributed by atoms with Gasteiger partial charge in [-0.25, -0.2) is 18.2 Å². The zero-order valence-corrected chi connectivity index (χ0v) is 18.3. The number of carbonyl (C=O) groups is 1. The number of amides is 1. The van der Waals surface area contributed by atoms with Crippen molar-refractivity contribution in [1.82, 2.24) is 14.6 Å². The zero-order valence-electron chi connectivity index (χ0n) is 17.5. The Balaban J connectivity index is 1.87. The topological polar surface area (TPSA) is 88.6 Å². The largest absolute Gasteiger partial charge is 0.423 e. The standard InChI is InChI=1S/C22H29N3O4S/c1-17(2)16-30(27,28)24-21(29-22(26)25-14-7-4-8-15-25)20-13-9-12-19(23-20)18-10-5-3-6-11-18/h3,5-6,9-13,17,21,24H,4,7-8,14-16H2,1-2H3. The molecule has 1 N–H and O–H groups in total. The number of sulfonamides is 1. The van der Waals surface area contributed by atoms with Gasteiger partial charge in [0, 0.05) is 18.7 Å². The van der Waals surface area contributed by atoms with E-state index in [2.05, 4.69) is 9.71 Å². The van der Waals surface area contributed by atoms with Crippen LogP contribution in [-0.4, -0.2) is 43.2 Å². The lowest BCUT2D eigenvalue weighted by Crippen LogP contribution is -2.41. The Morgan fingerprint density at radius 3 is 2.43 bits per heavy atom.